The maximum Gasteiger partial charge on any atom is 0.123 e. The average Bonchev–Trinajstić information content (AvgIpc) is 2.08. The summed E-state index contributed by atoms with van der Waals surface area (Å²) in [6, 6.07) is 2.70. The van der Waals surface area contributed by atoms with Crippen molar-refractivity contribution < 1.29 is 14.6 Å². The van der Waals surface area contributed by atoms with E-state index in [1.165, 1.54) is 13.0 Å². The fourth-order valence-corrected chi connectivity index (χ4v) is 1.05. The molecule has 0 bridgehead atoms. The normalized spacial score (nSPS) is 15.4. The van der Waals surface area contributed by atoms with E-state index in [0.717, 1.165) is 12.1 Å². The highest BCUT2D eigenvalue weighted by Gasteiger charge is 2.16. The Morgan fingerprint density at radius 3 is 2.62 bits per heavy atom. The molecule has 0 aliphatic rings. The van der Waals surface area contributed by atoms with Gasteiger partial charge in [-0.2, -0.15) is 0 Å². The van der Waals surface area contributed by atoms with Crippen LogP contribution in [-0.2, 0) is 0 Å². The van der Waals surface area contributed by atoms with E-state index in [1.807, 2.05) is 0 Å². The SMILES string of the molecule is C[C@@H](O)[C@@H](N)c1cc(F)ccc1O. The van der Waals surface area contributed by atoms with Crippen LogP contribution in [0.15, 0.2) is 18.2 Å². The lowest BCUT2D eigenvalue weighted by Crippen LogP contribution is -2.23. The third-order valence-electron chi connectivity index (χ3n) is 1.87. The second-order valence-corrected chi connectivity index (χ2v) is 2.97. The maximum atomic E-state index is 12.7. The molecule has 1 aromatic carbocycles. The second-order valence-electron chi connectivity index (χ2n) is 2.97. The van der Waals surface area contributed by atoms with Gasteiger partial charge < -0.3 is 15.9 Å². The van der Waals surface area contributed by atoms with Crippen LogP contribution in [0.2, 0.25) is 0 Å². The maximum absolute atomic E-state index is 12.7. The quantitative estimate of drug-likeness (QED) is 0.641. The molecule has 4 N–H and O–H groups in total. The van der Waals surface area contributed by atoms with E-state index in [4.69, 9.17) is 10.8 Å². The zero-order valence-corrected chi connectivity index (χ0v) is 7.24. The Bertz CT molecular complexity index is 302. The van der Waals surface area contributed by atoms with Crippen LogP contribution in [0.5, 0.6) is 5.75 Å². The number of phenolic OH excluding ortho intramolecular Hbond substituents is 1. The van der Waals surface area contributed by atoms with Crippen LogP contribution >= 0.6 is 0 Å². The molecule has 0 spiro atoms. The van der Waals surface area contributed by atoms with Gasteiger partial charge in [0.15, 0.2) is 0 Å². The number of aliphatic hydroxyl groups is 1. The van der Waals surface area contributed by atoms with E-state index in [0.29, 0.717) is 0 Å². The molecule has 4 heteroatoms. The molecule has 2 atom stereocenters. The lowest BCUT2D eigenvalue weighted by atomic mass is 10.0. The van der Waals surface area contributed by atoms with E-state index in [9.17, 15) is 9.50 Å². The monoisotopic (exact) mass is 185 g/mol. The molecular weight excluding hydrogens is 173 g/mol. The third-order valence-corrected chi connectivity index (χ3v) is 1.87. The number of benzene rings is 1. The van der Waals surface area contributed by atoms with Gasteiger partial charge in [0.2, 0.25) is 0 Å². The van der Waals surface area contributed by atoms with Crippen molar-refractivity contribution in [3.8, 4) is 5.75 Å². The molecule has 1 aromatic rings. The summed E-state index contributed by atoms with van der Waals surface area (Å²) in [5.41, 5.74) is 5.75. The average molecular weight is 185 g/mol. The molecule has 0 aromatic heterocycles. The van der Waals surface area contributed by atoms with Crippen LogP contribution in [-0.4, -0.2) is 16.3 Å². The second kappa shape index (κ2) is 3.72. The number of rotatable bonds is 2. The summed E-state index contributed by atoms with van der Waals surface area (Å²) < 4.78 is 12.7. The van der Waals surface area contributed by atoms with Crippen molar-refractivity contribution in [1.29, 1.82) is 0 Å². The molecule has 0 saturated heterocycles. The van der Waals surface area contributed by atoms with Crippen LogP contribution in [0.4, 0.5) is 4.39 Å². The Morgan fingerprint density at radius 1 is 1.46 bits per heavy atom. The van der Waals surface area contributed by atoms with Crippen LogP contribution in [0.1, 0.15) is 18.5 Å². The number of halogens is 1. The Kier molecular flexibility index (Phi) is 2.85. The topological polar surface area (TPSA) is 66.5 Å². The van der Waals surface area contributed by atoms with Crippen molar-refractivity contribution >= 4 is 0 Å². The molecule has 0 amide bonds. The predicted molar refractivity (Wildman–Crippen MR) is 46.7 cm³/mol. The Morgan fingerprint density at radius 2 is 2.08 bits per heavy atom. The number of hydrogen-bond donors (Lipinski definition) is 3. The molecule has 3 nitrogen and oxygen atoms in total. The molecule has 0 aliphatic heterocycles. The zero-order chi connectivity index (χ0) is 10.0. The standard InChI is InChI=1S/C9H12FNO2/c1-5(12)9(11)7-4-6(10)2-3-8(7)13/h2-5,9,12-13H,11H2,1H3/t5-,9-/m1/s1. The molecule has 13 heavy (non-hydrogen) atoms. The molecule has 0 radical (unpaired) electrons. The first-order valence-electron chi connectivity index (χ1n) is 3.94. The van der Waals surface area contributed by atoms with Crippen molar-refractivity contribution in [2.24, 2.45) is 5.73 Å². The molecule has 0 heterocycles. The summed E-state index contributed by atoms with van der Waals surface area (Å²) in [6.07, 6.45) is -0.826. The summed E-state index contributed by atoms with van der Waals surface area (Å²) in [5.74, 6) is -0.585. The largest absolute Gasteiger partial charge is 0.508 e. The van der Waals surface area contributed by atoms with Gasteiger partial charge in [-0.3, -0.25) is 0 Å². The van der Waals surface area contributed by atoms with E-state index in [-0.39, 0.29) is 11.3 Å². The molecule has 1 rings (SSSR count). The smallest absolute Gasteiger partial charge is 0.123 e. The number of aliphatic hydroxyl groups excluding tert-OH is 1. The zero-order valence-electron chi connectivity index (χ0n) is 7.24. The number of aromatic hydroxyl groups is 1. The van der Waals surface area contributed by atoms with Gasteiger partial charge >= 0.3 is 0 Å². The number of hydrogen-bond acceptors (Lipinski definition) is 3. The van der Waals surface area contributed by atoms with Gasteiger partial charge in [-0.15, -0.1) is 0 Å². The molecular formula is C9H12FNO2. The first-order valence-corrected chi connectivity index (χ1v) is 3.94. The summed E-state index contributed by atoms with van der Waals surface area (Å²) in [5, 5.41) is 18.4. The minimum atomic E-state index is -0.826. The fourth-order valence-electron chi connectivity index (χ4n) is 1.05. The summed E-state index contributed by atoms with van der Waals surface area (Å²) >= 11 is 0. The summed E-state index contributed by atoms with van der Waals surface area (Å²) in [4.78, 5) is 0. The fraction of sp³-hybridized carbons (Fsp3) is 0.333. The molecule has 0 fully saturated rings. The van der Waals surface area contributed by atoms with E-state index in [2.05, 4.69) is 0 Å². The minimum Gasteiger partial charge on any atom is -0.508 e. The van der Waals surface area contributed by atoms with Gasteiger partial charge in [-0.1, -0.05) is 0 Å². The van der Waals surface area contributed by atoms with Gasteiger partial charge in [0.1, 0.15) is 11.6 Å². The summed E-state index contributed by atoms with van der Waals surface area (Å²) in [6.45, 7) is 1.48. The van der Waals surface area contributed by atoms with Crippen molar-refractivity contribution in [2.45, 2.75) is 19.1 Å². The van der Waals surface area contributed by atoms with Gasteiger partial charge in [0, 0.05) is 5.56 Å². The van der Waals surface area contributed by atoms with Crippen molar-refractivity contribution in [2.75, 3.05) is 0 Å². The summed E-state index contributed by atoms with van der Waals surface area (Å²) in [7, 11) is 0. The number of nitrogens with two attached hydrogens (primary N) is 1. The predicted octanol–water partition coefficient (Wildman–Crippen LogP) is 0.912. The first-order chi connectivity index (χ1) is 6.02. The Balaban J connectivity index is 3.05. The van der Waals surface area contributed by atoms with Crippen LogP contribution in [0.25, 0.3) is 0 Å². The Labute approximate surface area is 75.6 Å². The minimum absolute atomic E-state index is 0.102. The highest BCUT2D eigenvalue weighted by atomic mass is 19.1. The Hall–Kier alpha value is -1.13. The lowest BCUT2D eigenvalue weighted by Gasteiger charge is -2.16. The van der Waals surface area contributed by atoms with Crippen molar-refractivity contribution in [3.63, 3.8) is 0 Å². The molecule has 72 valence electrons. The lowest BCUT2D eigenvalue weighted by molar-refractivity contribution is 0.162. The van der Waals surface area contributed by atoms with Crippen LogP contribution in [0, 0.1) is 5.82 Å². The molecule has 0 aliphatic carbocycles. The number of phenols is 1. The van der Waals surface area contributed by atoms with E-state index < -0.39 is 18.0 Å². The third kappa shape index (κ3) is 2.17. The highest BCUT2D eigenvalue weighted by Crippen LogP contribution is 2.25. The van der Waals surface area contributed by atoms with E-state index >= 15 is 0 Å². The van der Waals surface area contributed by atoms with Crippen molar-refractivity contribution in [1.82, 2.24) is 0 Å². The van der Waals surface area contributed by atoms with Crippen molar-refractivity contribution in [3.05, 3.63) is 29.6 Å². The van der Waals surface area contributed by atoms with Gasteiger partial charge in [0.05, 0.1) is 12.1 Å². The van der Waals surface area contributed by atoms with Gasteiger partial charge in [-0.25, -0.2) is 4.39 Å². The van der Waals surface area contributed by atoms with E-state index in [1.54, 1.807) is 0 Å². The molecule has 0 saturated carbocycles. The first kappa shape index (κ1) is 9.95. The van der Waals surface area contributed by atoms with Crippen LogP contribution < -0.4 is 5.73 Å². The highest BCUT2D eigenvalue weighted by molar-refractivity contribution is 5.35. The molecule has 0 unspecified atom stereocenters. The van der Waals surface area contributed by atoms with Gasteiger partial charge in [0.25, 0.3) is 0 Å². The van der Waals surface area contributed by atoms with Gasteiger partial charge in [-0.05, 0) is 25.1 Å². The van der Waals surface area contributed by atoms with Crippen LogP contribution in [0.3, 0.4) is 0 Å².